The fourth-order valence-corrected chi connectivity index (χ4v) is 2.91. The van der Waals surface area contributed by atoms with Crippen molar-refractivity contribution in [1.82, 2.24) is 5.06 Å². The molecular formula is C19H23NO2. The van der Waals surface area contributed by atoms with Crippen molar-refractivity contribution >= 4 is 0 Å². The molecule has 0 aliphatic carbocycles. The number of nitrogens with zero attached hydrogens (tertiary/aromatic N) is 1. The Morgan fingerprint density at radius 3 is 1.95 bits per heavy atom. The number of ether oxygens (including phenoxy) is 1. The van der Waals surface area contributed by atoms with Crippen molar-refractivity contribution in [1.29, 1.82) is 0 Å². The lowest BCUT2D eigenvalue weighted by Gasteiger charge is -2.39. The molecule has 0 unspecified atom stereocenters. The molecule has 1 aliphatic heterocycles. The Morgan fingerprint density at radius 2 is 1.50 bits per heavy atom. The molecule has 0 saturated carbocycles. The van der Waals surface area contributed by atoms with E-state index in [0.29, 0.717) is 6.61 Å². The summed E-state index contributed by atoms with van der Waals surface area (Å²) < 4.78 is 5.91. The van der Waals surface area contributed by atoms with Gasteiger partial charge in [0.05, 0.1) is 12.6 Å². The molecule has 2 aromatic rings. The Hall–Kier alpha value is -1.68. The zero-order chi connectivity index (χ0) is 15.8. The zero-order valence-electron chi connectivity index (χ0n) is 13.4. The van der Waals surface area contributed by atoms with Gasteiger partial charge < -0.3 is 9.94 Å². The van der Waals surface area contributed by atoms with Crippen molar-refractivity contribution in [2.24, 2.45) is 0 Å². The molecular weight excluding hydrogens is 274 g/mol. The van der Waals surface area contributed by atoms with Crippen LogP contribution in [-0.2, 0) is 10.3 Å². The highest BCUT2D eigenvalue weighted by Crippen LogP contribution is 2.52. The van der Waals surface area contributed by atoms with Gasteiger partial charge >= 0.3 is 0 Å². The average molecular weight is 297 g/mol. The number of hydroxylamine groups is 2. The topological polar surface area (TPSA) is 36.0 Å². The second-order valence-electron chi connectivity index (χ2n) is 6.87. The lowest BCUT2D eigenvalue weighted by atomic mass is 9.85. The van der Waals surface area contributed by atoms with Gasteiger partial charge in [0.25, 0.3) is 0 Å². The summed E-state index contributed by atoms with van der Waals surface area (Å²) in [6, 6.07) is 20.0. The van der Waals surface area contributed by atoms with Crippen LogP contribution in [0.1, 0.15) is 37.9 Å². The third-order valence-corrected chi connectivity index (χ3v) is 4.21. The van der Waals surface area contributed by atoms with E-state index in [1.807, 2.05) is 69.3 Å². The van der Waals surface area contributed by atoms with E-state index in [1.165, 1.54) is 5.06 Å². The van der Waals surface area contributed by atoms with Gasteiger partial charge in [-0.2, -0.15) is 5.06 Å². The molecule has 0 amide bonds. The van der Waals surface area contributed by atoms with Gasteiger partial charge in [0.15, 0.2) is 0 Å². The van der Waals surface area contributed by atoms with Gasteiger partial charge in [-0.15, -0.1) is 0 Å². The van der Waals surface area contributed by atoms with Gasteiger partial charge in [0, 0.05) is 5.54 Å². The molecule has 0 radical (unpaired) electrons. The van der Waals surface area contributed by atoms with Crippen LogP contribution in [0, 0.1) is 0 Å². The third-order valence-electron chi connectivity index (χ3n) is 4.21. The summed E-state index contributed by atoms with van der Waals surface area (Å²) in [5.41, 5.74) is 1.30. The van der Waals surface area contributed by atoms with Crippen LogP contribution in [0.2, 0.25) is 0 Å². The van der Waals surface area contributed by atoms with Gasteiger partial charge in [0.2, 0.25) is 0 Å². The van der Waals surface area contributed by atoms with E-state index in [0.717, 1.165) is 11.1 Å². The SMILES string of the molecule is CC(C)(C)N(O)[C@H](c1ccccc1)[C@@]1(c2ccccc2)CO1. The van der Waals surface area contributed by atoms with Crippen molar-refractivity contribution in [2.75, 3.05) is 6.61 Å². The number of benzene rings is 2. The highest BCUT2D eigenvalue weighted by Gasteiger charge is 2.57. The minimum atomic E-state index is -0.482. The summed E-state index contributed by atoms with van der Waals surface area (Å²) in [7, 11) is 0. The van der Waals surface area contributed by atoms with Gasteiger partial charge in [-0.25, -0.2) is 0 Å². The van der Waals surface area contributed by atoms with E-state index in [9.17, 15) is 5.21 Å². The summed E-state index contributed by atoms with van der Waals surface area (Å²) in [4.78, 5) is 0. The minimum Gasteiger partial charge on any atom is -0.362 e. The lowest BCUT2D eigenvalue weighted by molar-refractivity contribution is -0.205. The van der Waals surface area contributed by atoms with Crippen molar-refractivity contribution in [2.45, 2.75) is 38.0 Å². The molecule has 3 rings (SSSR count). The first-order valence-electron chi connectivity index (χ1n) is 7.68. The molecule has 1 N–H and O–H groups in total. The smallest absolute Gasteiger partial charge is 0.138 e. The quantitative estimate of drug-likeness (QED) is 0.680. The fourth-order valence-electron chi connectivity index (χ4n) is 2.91. The molecule has 1 aliphatic rings. The van der Waals surface area contributed by atoms with Crippen LogP contribution in [0.15, 0.2) is 60.7 Å². The standard InChI is InChI=1S/C19H23NO2/c1-18(2,3)20(21)17(15-10-6-4-7-11-15)19(14-22-19)16-12-8-5-9-13-16/h4-13,17,21H,14H2,1-3H3/t17-,19+/m1/s1. The Bertz CT molecular complexity index is 615. The first-order chi connectivity index (χ1) is 10.5. The second kappa shape index (κ2) is 5.51. The lowest BCUT2D eigenvalue weighted by Crippen LogP contribution is -2.46. The van der Waals surface area contributed by atoms with E-state index < -0.39 is 5.60 Å². The molecule has 1 saturated heterocycles. The molecule has 1 heterocycles. The van der Waals surface area contributed by atoms with Gasteiger partial charge in [-0.3, -0.25) is 0 Å². The monoisotopic (exact) mass is 297 g/mol. The Labute approximate surface area is 132 Å². The predicted octanol–water partition coefficient (Wildman–Crippen LogP) is 4.14. The predicted molar refractivity (Wildman–Crippen MR) is 86.6 cm³/mol. The second-order valence-corrected chi connectivity index (χ2v) is 6.87. The van der Waals surface area contributed by atoms with Crippen molar-refractivity contribution in [3.63, 3.8) is 0 Å². The maximum Gasteiger partial charge on any atom is 0.138 e. The molecule has 0 aromatic heterocycles. The molecule has 3 heteroatoms. The van der Waals surface area contributed by atoms with E-state index in [4.69, 9.17) is 4.74 Å². The number of hydrogen-bond acceptors (Lipinski definition) is 3. The highest BCUT2D eigenvalue weighted by atomic mass is 16.6. The first-order valence-corrected chi connectivity index (χ1v) is 7.68. The van der Waals surface area contributed by atoms with Crippen LogP contribution in [-0.4, -0.2) is 22.4 Å². The highest BCUT2D eigenvalue weighted by molar-refractivity contribution is 5.34. The maximum atomic E-state index is 10.9. The zero-order valence-corrected chi connectivity index (χ0v) is 13.4. The van der Waals surface area contributed by atoms with E-state index >= 15 is 0 Å². The molecule has 3 nitrogen and oxygen atoms in total. The summed E-state index contributed by atoms with van der Waals surface area (Å²) in [5, 5.41) is 12.3. The third kappa shape index (κ3) is 2.68. The van der Waals surface area contributed by atoms with Gasteiger partial charge in [0.1, 0.15) is 5.60 Å². The van der Waals surface area contributed by atoms with Crippen molar-refractivity contribution in [3.05, 3.63) is 71.8 Å². The van der Waals surface area contributed by atoms with Crippen LogP contribution >= 0.6 is 0 Å². The Balaban J connectivity index is 2.07. The average Bonchev–Trinajstić information content (AvgIpc) is 3.30. The largest absolute Gasteiger partial charge is 0.362 e. The van der Waals surface area contributed by atoms with E-state index in [-0.39, 0.29) is 11.6 Å². The van der Waals surface area contributed by atoms with Crippen LogP contribution < -0.4 is 0 Å². The molecule has 2 aromatic carbocycles. The van der Waals surface area contributed by atoms with Gasteiger partial charge in [-0.05, 0) is 31.9 Å². The fraction of sp³-hybridized carbons (Fsp3) is 0.368. The molecule has 22 heavy (non-hydrogen) atoms. The summed E-state index contributed by atoms with van der Waals surface area (Å²) in [6.07, 6.45) is 0. The Morgan fingerprint density at radius 1 is 1.00 bits per heavy atom. The van der Waals surface area contributed by atoms with Crippen LogP contribution in [0.3, 0.4) is 0 Å². The molecule has 116 valence electrons. The van der Waals surface area contributed by atoms with Crippen LogP contribution in [0.5, 0.6) is 0 Å². The number of rotatable bonds is 4. The summed E-state index contributed by atoms with van der Waals surface area (Å²) >= 11 is 0. The van der Waals surface area contributed by atoms with Crippen LogP contribution in [0.4, 0.5) is 0 Å². The molecule has 0 bridgehead atoms. The van der Waals surface area contributed by atoms with E-state index in [2.05, 4.69) is 12.1 Å². The normalized spacial score (nSPS) is 22.6. The molecule has 2 atom stereocenters. The van der Waals surface area contributed by atoms with Crippen molar-refractivity contribution < 1.29 is 9.94 Å². The van der Waals surface area contributed by atoms with E-state index in [1.54, 1.807) is 0 Å². The first kappa shape index (κ1) is 15.2. The Kier molecular flexibility index (Phi) is 3.81. The molecule has 0 spiro atoms. The van der Waals surface area contributed by atoms with Crippen molar-refractivity contribution in [3.8, 4) is 0 Å². The maximum absolute atomic E-state index is 10.9. The summed E-state index contributed by atoms with van der Waals surface area (Å²) in [6.45, 7) is 6.63. The number of hydrogen-bond donors (Lipinski definition) is 1. The van der Waals surface area contributed by atoms with Crippen LogP contribution in [0.25, 0.3) is 0 Å². The minimum absolute atomic E-state index is 0.240. The number of epoxide rings is 1. The molecule has 1 fully saturated rings. The van der Waals surface area contributed by atoms with Gasteiger partial charge in [-0.1, -0.05) is 60.7 Å². The summed E-state index contributed by atoms with van der Waals surface area (Å²) in [5.74, 6) is 0.